The molecule has 2 atom stereocenters. The first kappa shape index (κ1) is 13.8. The number of aryl methyl sites for hydroxylation is 1. The second-order valence-corrected chi connectivity index (χ2v) is 5.67. The zero-order valence-electron chi connectivity index (χ0n) is 11.8. The van der Waals surface area contributed by atoms with Gasteiger partial charge in [-0.2, -0.15) is 0 Å². The SMILES string of the molecule is COC1CC(NC(=O)c2ccn(C)c(=O)c2)C1(C)C. The van der Waals surface area contributed by atoms with Gasteiger partial charge < -0.3 is 14.6 Å². The topological polar surface area (TPSA) is 60.3 Å². The molecule has 1 aliphatic rings. The van der Waals surface area contributed by atoms with E-state index >= 15 is 0 Å². The predicted molar refractivity (Wildman–Crippen MR) is 72.1 cm³/mol. The number of nitrogens with one attached hydrogen (secondary N) is 1. The molecule has 1 aromatic rings. The third-order valence-electron chi connectivity index (χ3n) is 4.13. The molecular formula is C14H20N2O3. The van der Waals surface area contributed by atoms with Crippen LogP contribution < -0.4 is 10.9 Å². The summed E-state index contributed by atoms with van der Waals surface area (Å²) in [4.78, 5) is 23.6. The molecule has 1 aromatic heterocycles. The molecule has 19 heavy (non-hydrogen) atoms. The lowest BCUT2D eigenvalue weighted by Gasteiger charge is -2.51. The number of methoxy groups -OCH3 is 1. The highest BCUT2D eigenvalue weighted by Crippen LogP contribution is 2.42. The lowest BCUT2D eigenvalue weighted by Crippen LogP contribution is -2.61. The molecule has 5 nitrogen and oxygen atoms in total. The van der Waals surface area contributed by atoms with Crippen molar-refractivity contribution in [1.29, 1.82) is 0 Å². The van der Waals surface area contributed by atoms with Crippen molar-refractivity contribution in [2.45, 2.75) is 32.4 Å². The van der Waals surface area contributed by atoms with E-state index in [0.29, 0.717) is 5.56 Å². The van der Waals surface area contributed by atoms with E-state index in [0.717, 1.165) is 6.42 Å². The lowest BCUT2D eigenvalue weighted by atomic mass is 9.64. The number of carbonyl (C=O) groups is 1. The van der Waals surface area contributed by atoms with E-state index in [1.54, 1.807) is 26.4 Å². The van der Waals surface area contributed by atoms with Crippen molar-refractivity contribution in [2.24, 2.45) is 12.5 Å². The fourth-order valence-electron chi connectivity index (χ4n) is 2.46. The summed E-state index contributed by atoms with van der Waals surface area (Å²) in [6, 6.07) is 3.08. The first-order valence-electron chi connectivity index (χ1n) is 6.36. The Kier molecular flexibility index (Phi) is 3.49. The summed E-state index contributed by atoms with van der Waals surface area (Å²) in [7, 11) is 3.34. The number of ether oxygens (including phenoxy) is 1. The predicted octanol–water partition coefficient (Wildman–Crippen LogP) is 0.929. The molecule has 2 rings (SSSR count). The van der Waals surface area contributed by atoms with Crippen LogP contribution in [0, 0.1) is 5.41 Å². The van der Waals surface area contributed by atoms with Crippen molar-refractivity contribution in [3.63, 3.8) is 0 Å². The van der Waals surface area contributed by atoms with Gasteiger partial charge in [0.15, 0.2) is 0 Å². The maximum Gasteiger partial charge on any atom is 0.251 e. The maximum absolute atomic E-state index is 12.1. The molecule has 1 amide bonds. The van der Waals surface area contributed by atoms with Crippen LogP contribution >= 0.6 is 0 Å². The van der Waals surface area contributed by atoms with E-state index in [2.05, 4.69) is 19.2 Å². The van der Waals surface area contributed by atoms with Crippen LogP contribution in [0.1, 0.15) is 30.6 Å². The van der Waals surface area contributed by atoms with E-state index < -0.39 is 0 Å². The highest BCUT2D eigenvalue weighted by molar-refractivity contribution is 5.94. The van der Waals surface area contributed by atoms with Gasteiger partial charge in [0.1, 0.15) is 0 Å². The van der Waals surface area contributed by atoms with Crippen LogP contribution in [-0.2, 0) is 11.8 Å². The van der Waals surface area contributed by atoms with Crippen molar-refractivity contribution >= 4 is 5.91 Å². The van der Waals surface area contributed by atoms with Gasteiger partial charge in [-0.3, -0.25) is 9.59 Å². The normalized spacial score (nSPS) is 24.6. The Morgan fingerprint density at radius 1 is 1.53 bits per heavy atom. The Balaban J connectivity index is 2.06. The van der Waals surface area contributed by atoms with Crippen LogP contribution in [0.4, 0.5) is 0 Å². The van der Waals surface area contributed by atoms with Gasteiger partial charge in [0, 0.05) is 43.4 Å². The number of rotatable bonds is 3. The quantitative estimate of drug-likeness (QED) is 0.883. The molecule has 1 N–H and O–H groups in total. The van der Waals surface area contributed by atoms with Gasteiger partial charge in [-0.25, -0.2) is 0 Å². The zero-order chi connectivity index (χ0) is 14.2. The number of hydrogen-bond donors (Lipinski definition) is 1. The van der Waals surface area contributed by atoms with E-state index in [9.17, 15) is 9.59 Å². The van der Waals surface area contributed by atoms with E-state index in [-0.39, 0.29) is 29.0 Å². The lowest BCUT2D eigenvalue weighted by molar-refractivity contribution is -0.0942. The smallest absolute Gasteiger partial charge is 0.251 e. The molecule has 5 heteroatoms. The number of carbonyl (C=O) groups excluding carboxylic acids is 1. The highest BCUT2D eigenvalue weighted by atomic mass is 16.5. The van der Waals surface area contributed by atoms with E-state index in [1.807, 2.05) is 0 Å². The minimum atomic E-state index is -0.203. The molecule has 0 aliphatic heterocycles. The molecule has 0 radical (unpaired) electrons. The van der Waals surface area contributed by atoms with Crippen LogP contribution in [-0.4, -0.2) is 29.7 Å². The van der Waals surface area contributed by atoms with Gasteiger partial charge in [-0.1, -0.05) is 13.8 Å². The fraction of sp³-hybridized carbons (Fsp3) is 0.571. The summed E-state index contributed by atoms with van der Waals surface area (Å²) >= 11 is 0. The molecule has 0 bridgehead atoms. The van der Waals surface area contributed by atoms with Gasteiger partial charge >= 0.3 is 0 Å². The molecule has 104 valence electrons. The molecule has 1 aliphatic carbocycles. The monoisotopic (exact) mass is 264 g/mol. The number of pyridine rings is 1. The summed E-state index contributed by atoms with van der Waals surface area (Å²) in [5.41, 5.74) is 0.138. The zero-order valence-corrected chi connectivity index (χ0v) is 11.8. The molecule has 0 aromatic carbocycles. The third kappa shape index (κ3) is 2.42. The van der Waals surface area contributed by atoms with Gasteiger partial charge in [-0.15, -0.1) is 0 Å². The van der Waals surface area contributed by atoms with Crippen molar-refractivity contribution in [2.75, 3.05) is 7.11 Å². The summed E-state index contributed by atoms with van der Waals surface area (Å²) in [6.07, 6.45) is 2.57. The van der Waals surface area contributed by atoms with Gasteiger partial charge in [0.05, 0.1) is 6.10 Å². The summed E-state index contributed by atoms with van der Waals surface area (Å²) in [6.45, 7) is 4.14. The summed E-state index contributed by atoms with van der Waals surface area (Å²) in [5.74, 6) is -0.203. The standard InChI is InChI=1S/C14H20N2O3/c1-14(2)10(8-11(14)19-4)15-13(18)9-5-6-16(3)12(17)7-9/h5-7,10-11H,8H2,1-4H3,(H,15,18). The van der Waals surface area contributed by atoms with Gasteiger partial charge in [-0.05, 0) is 12.5 Å². The largest absolute Gasteiger partial charge is 0.381 e. The van der Waals surface area contributed by atoms with Crippen molar-refractivity contribution in [1.82, 2.24) is 9.88 Å². The summed E-state index contributed by atoms with van der Waals surface area (Å²) < 4.78 is 6.78. The number of amides is 1. The molecule has 2 unspecified atom stereocenters. The minimum Gasteiger partial charge on any atom is -0.381 e. The second kappa shape index (κ2) is 4.81. The van der Waals surface area contributed by atoms with Crippen LogP contribution in [0.5, 0.6) is 0 Å². The molecule has 1 heterocycles. The summed E-state index contributed by atoms with van der Waals surface area (Å²) in [5, 5.41) is 2.97. The van der Waals surface area contributed by atoms with E-state index in [1.165, 1.54) is 10.6 Å². The molecular weight excluding hydrogens is 244 g/mol. The molecule has 1 saturated carbocycles. The van der Waals surface area contributed by atoms with Crippen LogP contribution in [0.2, 0.25) is 0 Å². The minimum absolute atomic E-state index is 0.0778. The van der Waals surface area contributed by atoms with E-state index in [4.69, 9.17) is 4.74 Å². The molecule has 1 fully saturated rings. The highest BCUT2D eigenvalue weighted by Gasteiger charge is 2.49. The first-order valence-corrected chi connectivity index (χ1v) is 6.36. The fourth-order valence-corrected chi connectivity index (χ4v) is 2.46. The second-order valence-electron chi connectivity index (χ2n) is 5.67. The Morgan fingerprint density at radius 3 is 2.74 bits per heavy atom. The number of aromatic nitrogens is 1. The van der Waals surface area contributed by atoms with Crippen molar-refractivity contribution in [3.05, 3.63) is 34.2 Å². The number of nitrogens with zero attached hydrogens (tertiary/aromatic N) is 1. The maximum atomic E-state index is 12.1. The van der Waals surface area contributed by atoms with Gasteiger partial charge in [0.25, 0.3) is 11.5 Å². The average molecular weight is 264 g/mol. The Hall–Kier alpha value is -1.62. The average Bonchev–Trinajstić information content (AvgIpc) is 2.36. The van der Waals surface area contributed by atoms with Crippen LogP contribution in [0.3, 0.4) is 0 Å². The number of hydrogen-bond acceptors (Lipinski definition) is 3. The Bertz CT molecular complexity index is 548. The van der Waals surface area contributed by atoms with Gasteiger partial charge in [0.2, 0.25) is 0 Å². The molecule has 0 spiro atoms. The van der Waals surface area contributed by atoms with Crippen LogP contribution in [0.15, 0.2) is 23.1 Å². The van der Waals surface area contributed by atoms with Crippen molar-refractivity contribution < 1.29 is 9.53 Å². The Morgan fingerprint density at radius 2 is 2.21 bits per heavy atom. The first-order chi connectivity index (χ1) is 8.86. The van der Waals surface area contributed by atoms with Crippen LogP contribution in [0.25, 0.3) is 0 Å². The Labute approximate surface area is 112 Å². The van der Waals surface area contributed by atoms with Crippen molar-refractivity contribution in [3.8, 4) is 0 Å². The third-order valence-corrected chi connectivity index (χ3v) is 4.13. The molecule has 0 saturated heterocycles.